The second-order valence-electron chi connectivity index (χ2n) is 5.56. The van der Waals surface area contributed by atoms with E-state index >= 15 is 0 Å². The first-order chi connectivity index (χ1) is 10.1. The Morgan fingerprint density at radius 2 is 2.48 bits per heavy atom. The molecule has 0 saturated carbocycles. The molecule has 0 aromatic carbocycles. The van der Waals surface area contributed by atoms with Crippen LogP contribution in [-0.4, -0.2) is 54.2 Å². The number of morpholine rings is 1. The summed E-state index contributed by atoms with van der Waals surface area (Å²) < 4.78 is 5.80. The number of pyridine rings is 1. The van der Waals surface area contributed by atoms with Gasteiger partial charge in [0.25, 0.3) is 5.91 Å². The predicted molar refractivity (Wildman–Crippen MR) is 80.3 cm³/mol. The van der Waals surface area contributed by atoms with Gasteiger partial charge < -0.3 is 15.8 Å². The molecule has 0 radical (unpaired) electrons. The molecule has 1 aromatic rings. The Morgan fingerprint density at radius 3 is 3.33 bits per heavy atom. The molecular weight excluding hydrogens is 292 g/mol. The van der Waals surface area contributed by atoms with Gasteiger partial charge in [0.15, 0.2) is 0 Å². The van der Waals surface area contributed by atoms with Crippen LogP contribution in [-0.2, 0) is 4.74 Å². The molecular formula is C14H19ClN4O2. The van der Waals surface area contributed by atoms with Crippen molar-refractivity contribution >= 4 is 23.2 Å². The fourth-order valence-corrected chi connectivity index (χ4v) is 3.12. The van der Waals surface area contributed by atoms with E-state index in [1.165, 1.54) is 25.1 Å². The van der Waals surface area contributed by atoms with Crippen LogP contribution in [0.5, 0.6) is 0 Å². The number of carbonyl (C=O) groups excluding carboxylic acids is 1. The molecule has 1 aromatic heterocycles. The van der Waals surface area contributed by atoms with Gasteiger partial charge in [-0.15, -0.1) is 0 Å². The Kier molecular flexibility index (Phi) is 4.28. The highest BCUT2D eigenvalue weighted by atomic mass is 35.5. The van der Waals surface area contributed by atoms with Crippen LogP contribution in [0.4, 0.5) is 5.69 Å². The molecule has 3 rings (SSSR count). The SMILES string of the molecule is Nc1cnc(Cl)c(C(=O)NCC2CN3CCCC3CO2)c1. The van der Waals surface area contributed by atoms with Gasteiger partial charge in [-0.25, -0.2) is 4.98 Å². The minimum atomic E-state index is -0.271. The van der Waals surface area contributed by atoms with Crippen LogP contribution >= 0.6 is 11.6 Å². The van der Waals surface area contributed by atoms with E-state index < -0.39 is 0 Å². The maximum atomic E-state index is 12.1. The van der Waals surface area contributed by atoms with Crippen LogP contribution in [0.2, 0.25) is 5.15 Å². The first-order valence-electron chi connectivity index (χ1n) is 7.18. The zero-order valence-corrected chi connectivity index (χ0v) is 12.5. The smallest absolute Gasteiger partial charge is 0.254 e. The molecule has 114 valence electrons. The largest absolute Gasteiger partial charge is 0.397 e. The van der Waals surface area contributed by atoms with Crippen LogP contribution < -0.4 is 11.1 Å². The molecule has 2 saturated heterocycles. The lowest BCUT2D eigenvalue weighted by molar-refractivity contribution is -0.0461. The van der Waals surface area contributed by atoms with Gasteiger partial charge in [0, 0.05) is 19.1 Å². The third-order valence-corrected chi connectivity index (χ3v) is 4.36. The number of nitrogen functional groups attached to an aromatic ring is 1. The number of hydrogen-bond donors (Lipinski definition) is 2. The van der Waals surface area contributed by atoms with E-state index in [0.29, 0.717) is 23.8 Å². The third kappa shape index (κ3) is 3.28. The molecule has 6 nitrogen and oxygen atoms in total. The van der Waals surface area contributed by atoms with Gasteiger partial charge in [0.1, 0.15) is 5.15 Å². The number of nitrogens with one attached hydrogen (secondary N) is 1. The molecule has 3 heterocycles. The van der Waals surface area contributed by atoms with Crippen LogP contribution in [0, 0.1) is 0 Å². The molecule has 0 aliphatic carbocycles. The fraction of sp³-hybridized carbons (Fsp3) is 0.571. The number of amides is 1. The van der Waals surface area contributed by atoms with Crippen molar-refractivity contribution in [3.8, 4) is 0 Å². The van der Waals surface area contributed by atoms with Gasteiger partial charge in [0.05, 0.1) is 30.2 Å². The van der Waals surface area contributed by atoms with E-state index in [1.807, 2.05) is 0 Å². The van der Waals surface area contributed by atoms with Crippen LogP contribution in [0.25, 0.3) is 0 Å². The first-order valence-corrected chi connectivity index (χ1v) is 7.56. The lowest BCUT2D eigenvalue weighted by atomic mass is 10.2. The van der Waals surface area contributed by atoms with Crippen molar-refractivity contribution in [3.63, 3.8) is 0 Å². The quantitative estimate of drug-likeness (QED) is 0.811. The number of fused-ring (bicyclic) bond motifs is 1. The van der Waals surface area contributed by atoms with E-state index in [1.54, 1.807) is 0 Å². The molecule has 21 heavy (non-hydrogen) atoms. The fourth-order valence-electron chi connectivity index (χ4n) is 2.93. The van der Waals surface area contributed by atoms with Crippen LogP contribution in [0.1, 0.15) is 23.2 Å². The van der Waals surface area contributed by atoms with Crippen molar-refractivity contribution < 1.29 is 9.53 Å². The number of halogens is 1. The minimum Gasteiger partial charge on any atom is -0.397 e. The number of ether oxygens (including phenoxy) is 1. The Hall–Kier alpha value is -1.37. The van der Waals surface area contributed by atoms with E-state index in [4.69, 9.17) is 22.1 Å². The number of carbonyl (C=O) groups is 1. The van der Waals surface area contributed by atoms with Crippen molar-refractivity contribution in [1.29, 1.82) is 0 Å². The summed E-state index contributed by atoms with van der Waals surface area (Å²) >= 11 is 5.92. The summed E-state index contributed by atoms with van der Waals surface area (Å²) in [5.74, 6) is -0.271. The zero-order valence-electron chi connectivity index (χ0n) is 11.7. The second-order valence-corrected chi connectivity index (χ2v) is 5.92. The van der Waals surface area contributed by atoms with Crippen molar-refractivity contribution in [2.24, 2.45) is 0 Å². The third-order valence-electron chi connectivity index (χ3n) is 4.06. The summed E-state index contributed by atoms with van der Waals surface area (Å²) in [6, 6.07) is 2.09. The maximum Gasteiger partial charge on any atom is 0.254 e. The first kappa shape index (κ1) is 14.6. The Labute approximate surface area is 128 Å². The molecule has 0 spiro atoms. The molecule has 2 unspecified atom stereocenters. The summed E-state index contributed by atoms with van der Waals surface area (Å²) in [5, 5.41) is 3.00. The molecule has 2 fully saturated rings. The average Bonchev–Trinajstić information content (AvgIpc) is 2.94. The monoisotopic (exact) mass is 310 g/mol. The number of hydrogen-bond acceptors (Lipinski definition) is 5. The molecule has 7 heteroatoms. The number of nitrogens with two attached hydrogens (primary N) is 1. The van der Waals surface area contributed by atoms with E-state index in [0.717, 1.165) is 19.7 Å². The number of rotatable bonds is 3. The van der Waals surface area contributed by atoms with Crippen molar-refractivity contribution in [2.45, 2.75) is 25.0 Å². The highest BCUT2D eigenvalue weighted by Gasteiger charge is 2.32. The number of anilines is 1. The molecule has 0 bridgehead atoms. The second kappa shape index (κ2) is 6.17. The van der Waals surface area contributed by atoms with Gasteiger partial charge in [0.2, 0.25) is 0 Å². The van der Waals surface area contributed by atoms with Crippen LogP contribution in [0.3, 0.4) is 0 Å². The van der Waals surface area contributed by atoms with Crippen molar-refractivity contribution in [3.05, 3.63) is 23.0 Å². The Bertz CT molecular complexity index is 540. The van der Waals surface area contributed by atoms with Crippen LogP contribution in [0.15, 0.2) is 12.3 Å². The van der Waals surface area contributed by atoms with Gasteiger partial charge >= 0.3 is 0 Å². The van der Waals surface area contributed by atoms with Gasteiger partial charge in [-0.3, -0.25) is 9.69 Å². The number of aromatic nitrogens is 1. The summed E-state index contributed by atoms with van der Waals surface area (Å²) in [5.41, 5.74) is 6.34. The highest BCUT2D eigenvalue weighted by molar-refractivity contribution is 6.32. The van der Waals surface area contributed by atoms with Crippen molar-refractivity contribution in [1.82, 2.24) is 15.2 Å². The van der Waals surface area contributed by atoms with E-state index in [-0.39, 0.29) is 17.2 Å². The molecule has 2 aliphatic heterocycles. The number of nitrogens with zero attached hydrogens (tertiary/aromatic N) is 2. The minimum absolute atomic E-state index is 0.0242. The average molecular weight is 311 g/mol. The lowest BCUT2D eigenvalue weighted by Gasteiger charge is -2.35. The Morgan fingerprint density at radius 1 is 1.62 bits per heavy atom. The Balaban J connectivity index is 1.55. The predicted octanol–water partition coefficient (Wildman–Crippen LogP) is 0.910. The molecule has 1 amide bonds. The normalized spacial score (nSPS) is 25.6. The van der Waals surface area contributed by atoms with Gasteiger partial charge in [-0.2, -0.15) is 0 Å². The topological polar surface area (TPSA) is 80.5 Å². The lowest BCUT2D eigenvalue weighted by Crippen LogP contribution is -2.50. The zero-order chi connectivity index (χ0) is 14.8. The van der Waals surface area contributed by atoms with Gasteiger partial charge in [-0.1, -0.05) is 11.6 Å². The highest BCUT2D eigenvalue weighted by Crippen LogP contribution is 2.22. The van der Waals surface area contributed by atoms with E-state index in [2.05, 4.69) is 15.2 Å². The van der Waals surface area contributed by atoms with E-state index in [9.17, 15) is 4.79 Å². The van der Waals surface area contributed by atoms with Crippen molar-refractivity contribution in [2.75, 3.05) is 32.0 Å². The maximum absolute atomic E-state index is 12.1. The summed E-state index contributed by atoms with van der Waals surface area (Å²) in [6.45, 7) is 3.21. The molecule has 2 aliphatic rings. The summed E-state index contributed by atoms with van der Waals surface area (Å²) in [7, 11) is 0. The summed E-state index contributed by atoms with van der Waals surface area (Å²) in [6.07, 6.45) is 3.90. The van der Waals surface area contributed by atoms with Gasteiger partial charge in [-0.05, 0) is 25.5 Å². The molecule has 2 atom stereocenters. The summed E-state index contributed by atoms with van der Waals surface area (Å²) in [4.78, 5) is 18.4. The standard InChI is InChI=1S/C14H19ClN4O2/c15-13-12(4-9(16)5-17-13)14(20)18-6-11-7-19-3-1-2-10(19)8-21-11/h4-5,10-11H,1-3,6-8,16H2,(H,18,20). The molecule has 3 N–H and O–H groups in total.